The summed E-state index contributed by atoms with van der Waals surface area (Å²) in [5.74, 6) is 0.873. The standard InChI is InChI=1S/C13H17Cl/c14-13(10-11-6-4-5-7-11)12-8-2-1-3-9-12/h1-3,8-9,11,13H,4-7,10H2. The van der Waals surface area contributed by atoms with Gasteiger partial charge in [0.05, 0.1) is 5.38 Å². The van der Waals surface area contributed by atoms with Crippen molar-refractivity contribution in [3.8, 4) is 0 Å². The lowest BCUT2D eigenvalue weighted by Crippen LogP contribution is -1.99. The van der Waals surface area contributed by atoms with E-state index in [1.165, 1.54) is 31.2 Å². The van der Waals surface area contributed by atoms with E-state index in [-0.39, 0.29) is 5.38 Å². The van der Waals surface area contributed by atoms with Crippen LogP contribution >= 0.6 is 11.6 Å². The zero-order chi connectivity index (χ0) is 9.80. The van der Waals surface area contributed by atoms with Crippen LogP contribution in [0, 0.1) is 5.92 Å². The van der Waals surface area contributed by atoms with E-state index in [1.807, 2.05) is 6.07 Å². The Morgan fingerprint density at radius 3 is 2.43 bits per heavy atom. The number of alkyl halides is 1. The molecule has 14 heavy (non-hydrogen) atoms. The number of hydrogen-bond acceptors (Lipinski definition) is 0. The van der Waals surface area contributed by atoms with Gasteiger partial charge in [-0.25, -0.2) is 0 Å². The average Bonchev–Trinajstić information content (AvgIpc) is 2.72. The van der Waals surface area contributed by atoms with E-state index in [4.69, 9.17) is 11.6 Å². The molecule has 1 aliphatic carbocycles. The van der Waals surface area contributed by atoms with Crippen LogP contribution in [0.1, 0.15) is 43.0 Å². The minimum atomic E-state index is 0.222. The van der Waals surface area contributed by atoms with Crippen LogP contribution in [0.2, 0.25) is 0 Å². The molecule has 2 rings (SSSR count). The van der Waals surface area contributed by atoms with Crippen molar-refractivity contribution in [3.05, 3.63) is 35.9 Å². The van der Waals surface area contributed by atoms with E-state index in [0.717, 1.165) is 12.3 Å². The summed E-state index contributed by atoms with van der Waals surface area (Å²) in [6.07, 6.45) is 6.74. The van der Waals surface area contributed by atoms with Crippen molar-refractivity contribution in [2.75, 3.05) is 0 Å². The summed E-state index contributed by atoms with van der Waals surface area (Å²) in [5.41, 5.74) is 1.28. The maximum Gasteiger partial charge on any atom is 0.0587 e. The quantitative estimate of drug-likeness (QED) is 0.640. The average molecular weight is 209 g/mol. The molecule has 1 saturated carbocycles. The lowest BCUT2D eigenvalue weighted by molar-refractivity contribution is 0.496. The molecular weight excluding hydrogens is 192 g/mol. The first-order valence-corrected chi connectivity index (χ1v) is 5.99. The Kier molecular flexibility index (Phi) is 3.47. The van der Waals surface area contributed by atoms with Crippen LogP contribution in [0.3, 0.4) is 0 Å². The Morgan fingerprint density at radius 1 is 1.14 bits per heavy atom. The van der Waals surface area contributed by atoms with Crippen LogP contribution < -0.4 is 0 Å². The molecule has 0 radical (unpaired) electrons. The fourth-order valence-corrected chi connectivity index (χ4v) is 2.73. The highest BCUT2D eigenvalue weighted by Gasteiger charge is 2.19. The van der Waals surface area contributed by atoms with Crippen molar-refractivity contribution in [1.82, 2.24) is 0 Å². The smallest absolute Gasteiger partial charge is 0.0587 e. The summed E-state index contributed by atoms with van der Waals surface area (Å²) in [4.78, 5) is 0. The second-order valence-electron chi connectivity index (χ2n) is 4.26. The van der Waals surface area contributed by atoms with Gasteiger partial charge in [0.25, 0.3) is 0 Å². The minimum absolute atomic E-state index is 0.222. The molecule has 0 bridgehead atoms. The van der Waals surface area contributed by atoms with Crippen LogP contribution in [0.25, 0.3) is 0 Å². The zero-order valence-corrected chi connectivity index (χ0v) is 9.21. The number of benzene rings is 1. The SMILES string of the molecule is ClC(CC1CCCC1)c1ccccc1. The Balaban J connectivity index is 1.92. The van der Waals surface area contributed by atoms with Gasteiger partial charge in [0.1, 0.15) is 0 Å². The van der Waals surface area contributed by atoms with Crippen molar-refractivity contribution in [2.45, 2.75) is 37.5 Å². The maximum absolute atomic E-state index is 6.39. The first kappa shape index (κ1) is 10.0. The van der Waals surface area contributed by atoms with Gasteiger partial charge in [0.15, 0.2) is 0 Å². The predicted molar refractivity (Wildman–Crippen MR) is 61.6 cm³/mol. The predicted octanol–water partition coefficient (Wildman–Crippen LogP) is 4.55. The van der Waals surface area contributed by atoms with Gasteiger partial charge in [-0.15, -0.1) is 11.6 Å². The number of halogens is 1. The Labute approximate surface area is 91.3 Å². The summed E-state index contributed by atoms with van der Waals surface area (Å²) in [6.45, 7) is 0. The van der Waals surface area contributed by atoms with Crippen LogP contribution in [0.4, 0.5) is 0 Å². The summed E-state index contributed by atoms with van der Waals surface area (Å²) >= 11 is 6.39. The first-order valence-electron chi connectivity index (χ1n) is 5.55. The molecule has 0 N–H and O–H groups in total. The molecular formula is C13H17Cl. The third-order valence-corrected chi connectivity index (χ3v) is 3.61. The second-order valence-corrected chi connectivity index (χ2v) is 4.79. The number of hydrogen-bond donors (Lipinski definition) is 0. The van der Waals surface area contributed by atoms with E-state index >= 15 is 0 Å². The van der Waals surface area contributed by atoms with E-state index in [9.17, 15) is 0 Å². The van der Waals surface area contributed by atoms with Crippen molar-refractivity contribution in [3.63, 3.8) is 0 Å². The molecule has 0 nitrogen and oxygen atoms in total. The molecule has 1 heteroatoms. The number of rotatable bonds is 3. The summed E-state index contributed by atoms with van der Waals surface area (Å²) in [5, 5.41) is 0.222. The summed E-state index contributed by atoms with van der Waals surface area (Å²) in [6, 6.07) is 10.4. The van der Waals surface area contributed by atoms with E-state index in [2.05, 4.69) is 24.3 Å². The third kappa shape index (κ3) is 2.51. The monoisotopic (exact) mass is 208 g/mol. The highest BCUT2D eigenvalue weighted by molar-refractivity contribution is 6.20. The van der Waals surface area contributed by atoms with E-state index < -0.39 is 0 Å². The van der Waals surface area contributed by atoms with Crippen LogP contribution in [-0.2, 0) is 0 Å². The molecule has 0 heterocycles. The van der Waals surface area contributed by atoms with Gasteiger partial charge >= 0.3 is 0 Å². The lowest BCUT2D eigenvalue weighted by atomic mass is 9.98. The molecule has 1 aromatic carbocycles. The van der Waals surface area contributed by atoms with Gasteiger partial charge in [0, 0.05) is 0 Å². The van der Waals surface area contributed by atoms with Gasteiger partial charge in [-0.05, 0) is 17.9 Å². The molecule has 0 amide bonds. The highest BCUT2D eigenvalue weighted by Crippen LogP contribution is 2.35. The largest absolute Gasteiger partial charge is 0.118 e. The molecule has 76 valence electrons. The topological polar surface area (TPSA) is 0 Å². The third-order valence-electron chi connectivity index (χ3n) is 3.18. The van der Waals surface area contributed by atoms with Gasteiger partial charge in [-0.3, -0.25) is 0 Å². The van der Waals surface area contributed by atoms with Gasteiger partial charge in [-0.2, -0.15) is 0 Å². The molecule has 0 saturated heterocycles. The Hall–Kier alpha value is -0.490. The molecule has 1 aliphatic rings. The van der Waals surface area contributed by atoms with Crippen molar-refractivity contribution < 1.29 is 0 Å². The normalized spacial score (nSPS) is 19.8. The molecule has 1 unspecified atom stereocenters. The zero-order valence-electron chi connectivity index (χ0n) is 8.45. The first-order chi connectivity index (χ1) is 6.86. The second kappa shape index (κ2) is 4.84. The van der Waals surface area contributed by atoms with Crippen molar-refractivity contribution in [2.24, 2.45) is 5.92 Å². The van der Waals surface area contributed by atoms with Crippen LogP contribution in [0.5, 0.6) is 0 Å². The maximum atomic E-state index is 6.39. The Morgan fingerprint density at radius 2 is 1.79 bits per heavy atom. The molecule has 0 aromatic heterocycles. The van der Waals surface area contributed by atoms with Crippen LogP contribution in [0.15, 0.2) is 30.3 Å². The molecule has 0 spiro atoms. The van der Waals surface area contributed by atoms with Crippen molar-refractivity contribution in [1.29, 1.82) is 0 Å². The molecule has 1 fully saturated rings. The Bertz CT molecular complexity index is 262. The van der Waals surface area contributed by atoms with Crippen LogP contribution in [-0.4, -0.2) is 0 Å². The fraction of sp³-hybridized carbons (Fsp3) is 0.538. The molecule has 0 aliphatic heterocycles. The summed E-state index contributed by atoms with van der Waals surface area (Å²) in [7, 11) is 0. The molecule has 1 atom stereocenters. The van der Waals surface area contributed by atoms with E-state index in [0.29, 0.717) is 0 Å². The van der Waals surface area contributed by atoms with Gasteiger partial charge in [-0.1, -0.05) is 56.0 Å². The van der Waals surface area contributed by atoms with Crippen molar-refractivity contribution >= 4 is 11.6 Å². The van der Waals surface area contributed by atoms with Gasteiger partial charge < -0.3 is 0 Å². The lowest BCUT2D eigenvalue weighted by Gasteiger charge is -2.14. The summed E-state index contributed by atoms with van der Waals surface area (Å²) < 4.78 is 0. The fourth-order valence-electron chi connectivity index (χ4n) is 2.34. The minimum Gasteiger partial charge on any atom is -0.118 e. The molecule has 1 aromatic rings. The van der Waals surface area contributed by atoms with Gasteiger partial charge in [0.2, 0.25) is 0 Å². The van der Waals surface area contributed by atoms with E-state index in [1.54, 1.807) is 0 Å². The highest BCUT2D eigenvalue weighted by atomic mass is 35.5.